The summed E-state index contributed by atoms with van der Waals surface area (Å²) in [5, 5.41) is 3.56. The number of hydrogen-bond acceptors (Lipinski definition) is 2. The lowest BCUT2D eigenvalue weighted by Gasteiger charge is -2.34. The molecule has 2 nitrogen and oxygen atoms in total. The summed E-state index contributed by atoms with van der Waals surface area (Å²) in [5.74, 6) is 1.43. The monoisotopic (exact) mass is 257 g/mol. The minimum atomic E-state index is 0.354. The summed E-state index contributed by atoms with van der Waals surface area (Å²) in [6.45, 7) is 17.8. The van der Waals surface area contributed by atoms with Gasteiger partial charge in [0.1, 0.15) is 0 Å². The van der Waals surface area contributed by atoms with E-state index in [1.54, 1.807) is 0 Å². The molecule has 18 heavy (non-hydrogen) atoms. The van der Waals surface area contributed by atoms with E-state index in [0.717, 1.165) is 38.6 Å². The van der Waals surface area contributed by atoms with Gasteiger partial charge in [-0.1, -0.05) is 41.5 Å². The average Bonchev–Trinajstić information content (AvgIpc) is 2.28. The fourth-order valence-corrected chi connectivity index (χ4v) is 1.86. The zero-order valence-electron chi connectivity index (χ0n) is 13.5. The normalized spacial score (nSPS) is 15.3. The molecule has 0 saturated heterocycles. The number of ether oxygens (including phenoxy) is 1. The van der Waals surface area contributed by atoms with E-state index in [9.17, 15) is 0 Å². The first-order valence-electron chi connectivity index (χ1n) is 7.70. The fourth-order valence-electron chi connectivity index (χ4n) is 1.86. The van der Waals surface area contributed by atoms with Gasteiger partial charge in [0.15, 0.2) is 0 Å². The molecule has 0 aromatic rings. The van der Waals surface area contributed by atoms with Crippen LogP contribution in [0.1, 0.15) is 60.8 Å². The van der Waals surface area contributed by atoms with Crippen LogP contribution in [-0.4, -0.2) is 26.3 Å². The van der Waals surface area contributed by atoms with Crippen molar-refractivity contribution in [3.05, 3.63) is 0 Å². The Labute approximate surface area is 115 Å². The van der Waals surface area contributed by atoms with Crippen LogP contribution >= 0.6 is 0 Å². The van der Waals surface area contributed by atoms with Gasteiger partial charge in [-0.25, -0.2) is 0 Å². The van der Waals surface area contributed by atoms with Crippen molar-refractivity contribution in [3.63, 3.8) is 0 Å². The first-order valence-corrected chi connectivity index (χ1v) is 7.70. The van der Waals surface area contributed by atoms with Crippen LogP contribution < -0.4 is 5.32 Å². The summed E-state index contributed by atoms with van der Waals surface area (Å²) >= 11 is 0. The van der Waals surface area contributed by atoms with Gasteiger partial charge in [0.25, 0.3) is 0 Å². The molecule has 0 aliphatic rings. The fraction of sp³-hybridized carbons (Fsp3) is 1.00. The maximum atomic E-state index is 5.77. The highest BCUT2D eigenvalue weighted by molar-refractivity contribution is 4.80. The molecule has 0 fully saturated rings. The van der Waals surface area contributed by atoms with Gasteiger partial charge in [0.2, 0.25) is 0 Å². The topological polar surface area (TPSA) is 21.3 Å². The van der Waals surface area contributed by atoms with Gasteiger partial charge in [-0.3, -0.25) is 0 Å². The molecule has 0 heterocycles. The lowest BCUT2D eigenvalue weighted by molar-refractivity contribution is 0.0736. The average molecular weight is 257 g/mol. The number of nitrogens with one attached hydrogen (secondary N) is 1. The Morgan fingerprint density at radius 2 is 1.78 bits per heavy atom. The predicted molar refractivity (Wildman–Crippen MR) is 81.0 cm³/mol. The van der Waals surface area contributed by atoms with E-state index >= 15 is 0 Å². The van der Waals surface area contributed by atoms with Crippen LogP contribution in [-0.2, 0) is 4.74 Å². The highest BCUT2D eigenvalue weighted by atomic mass is 16.5. The van der Waals surface area contributed by atoms with Crippen LogP contribution in [0.4, 0.5) is 0 Å². The van der Waals surface area contributed by atoms with Crippen LogP contribution in [0.5, 0.6) is 0 Å². The SMILES string of the molecule is CCCNCC(C)(CCOCCC(C)C)C(C)C. The minimum absolute atomic E-state index is 0.354. The molecule has 0 aromatic carbocycles. The van der Waals surface area contributed by atoms with Crippen molar-refractivity contribution in [2.45, 2.75) is 60.8 Å². The molecular weight excluding hydrogens is 222 g/mol. The molecule has 0 spiro atoms. The summed E-state index contributed by atoms with van der Waals surface area (Å²) in [7, 11) is 0. The van der Waals surface area contributed by atoms with Gasteiger partial charge >= 0.3 is 0 Å². The summed E-state index contributed by atoms with van der Waals surface area (Å²) in [4.78, 5) is 0. The van der Waals surface area contributed by atoms with Crippen LogP contribution in [0, 0.1) is 17.3 Å². The summed E-state index contributed by atoms with van der Waals surface area (Å²) < 4.78 is 5.77. The molecular formula is C16H35NO. The highest BCUT2D eigenvalue weighted by Gasteiger charge is 2.27. The molecule has 1 N–H and O–H groups in total. The van der Waals surface area contributed by atoms with Gasteiger partial charge in [-0.05, 0) is 43.1 Å². The Bertz CT molecular complexity index is 192. The molecule has 0 bridgehead atoms. The molecule has 2 heteroatoms. The second-order valence-electron chi connectivity index (χ2n) is 6.53. The first kappa shape index (κ1) is 17.9. The lowest BCUT2D eigenvalue weighted by atomic mass is 9.76. The Balaban J connectivity index is 3.88. The molecule has 0 radical (unpaired) electrons. The number of hydrogen-bond donors (Lipinski definition) is 1. The Morgan fingerprint density at radius 3 is 2.28 bits per heavy atom. The van der Waals surface area contributed by atoms with Crippen LogP contribution in [0.2, 0.25) is 0 Å². The van der Waals surface area contributed by atoms with Crippen LogP contribution in [0.3, 0.4) is 0 Å². The zero-order chi connectivity index (χ0) is 14.0. The summed E-state index contributed by atoms with van der Waals surface area (Å²) in [5.41, 5.74) is 0.354. The second kappa shape index (κ2) is 9.80. The van der Waals surface area contributed by atoms with Crippen molar-refractivity contribution in [3.8, 4) is 0 Å². The van der Waals surface area contributed by atoms with Crippen molar-refractivity contribution in [1.82, 2.24) is 5.32 Å². The Hall–Kier alpha value is -0.0800. The van der Waals surface area contributed by atoms with Crippen molar-refractivity contribution >= 4 is 0 Å². The maximum Gasteiger partial charge on any atom is 0.0471 e. The molecule has 1 atom stereocenters. The smallest absolute Gasteiger partial charge is 0.0471 e. The molecule has 110 valence electrons. The third kappa shape index (κ3) is 8.10. The maximum absolute atomic E-state index is 5.77. The van der Waals surface area contributed by atoms with E-state index in [2.05, 4.69) is 46.9 Å². The second-order valence-corrected chi connectivity index (χ2v) is 6.53. The largest absolute Gasteiger partial charge is 0.381 e. The Morgan fingerprint density at radius 1 is 1.11 bits per heavy atom. The van der Waals surface area contributed by atoms with E-state index in [4.69, 9.17) is 4.74 Å². The van der Waals surface area contributed by atoms with Crippen molar-refractivity contribution in [2.75, 3.05) is 26.3 Å². The molecule has 0 rings (SSSR count). The lowest BCUT2D eigenvalue weighted by Crippen LogP contribution is -2.37. The summed E-state index contributed by atoms with van der Waals surface area (Å²) in [6, 6.07) is 0. The molecule has 0 aliphatic carbocycles. The van der Waals surface area contributed by atoms with Crippen molar-refractivity contribution in [2.24, 2.45) is 17.3 Å². The predicted octanol–water partition coefficient (Wildman–Crippen LogP) is 4.10. The minimum Gasteiger partial charge on any atom is -0.381 e. The zero-order valence-corrected chi connectivity index (χ0v) is 13.5. The van der Waals surface area contributed by atoms with Crippen molar-refractivity contribution < 1.29 is 4.74 Å². The molecule has 1 unspecified atom stereocenters. The highest BCUT2D eigenvalue weighted by Crippen LogP contribution is 2.30. The van der Waals surface area contributed by atoms with E-state index in [0.29, 0.717) is 11.3 Å². The van der Waals surface area contributed by atoms with E-state index < -0.39 is 0 Å². The molecule has 0 aliphatic heterocycles. The van der Waals surface area contributed by atoms with Gasteiger partial charge < -0.3 is 10.1 Å². The van der Waals surface area contributed by atoms with Gasteiger partial charge in [0, 0.05) is 19.8 Å². The first-order chi connectivity index (χ1) is 8.42. The number of rotatable bonds is 11. The third-order valence-corrected chi connectivity index (χ3v) is 4.01. The van der Waals surface area contributed by atoms with Crippen molar-refractivity contribution in [1.29, 1.82) is 0 Å². The molecule has 0 amide bonds. The quantitative estimate of drug-likeness (QED) is 0.563. The van der Waals surface area contributed by atoms with Crippen LogP contribution in [0.15, 0.2) is 0 Å². The van der Waals surface area contributed by atoms with Gasteiger partial charge in [-0.2, -0.15) is 0 Å². The standard InChI is InChI=1S/C16H35NO/c1-7-10-17-13-16(6,15(4)5)9-12-18-11-8-14(2)3/h14-15,17H,7-13H2,1-6H3. The molecule has 0 saturated carbocycles. The van der Waals surface area contributed by atoms with Gasteiger partial charge in [-0.15, -0.1) is 0 Å². The third-order valence-electron chi connectivity index (χ3n) is 4.01. The Kier molecular flexibility index (Phi) is 9.76. The van der Waals surface area contributed by atoms with E-state index in [1.807, 2.05) is 0 Å². The van der Waals surface area contributed by atoms with E-state index in [1.165, 1.54) is 12.8 Å². The van der Waals surface area contributed by atoms with Crippen LogP contribution in [0.25, 0.3) is 0 Å². The summed E-state index contributed by atoms with van der Waals surface area (Å²) in [6.07, 6.45) is 3.53. The van der Waals surface area contributed by atoms with Gasteiger partial charge in [0.05, 0.1) is 0 Å². The molecule has 0 aromatic heterocycles. The van der Waals surface area contributed by atoms with E-state index in [-0.39, 0.29) is 0 Å².